The Morgan fingerprint density at radius 2 is 1.94 bits per heavy atom. The summed E-state index contributed by atoms with van der Waals surface area (Å²) < 4.78 is 5.64. The maximum absolute atomic E-state index is 5.87. The van der Waals surface area contributed by atoms with E-state index < -0.39 is 0 Å². The van der Waals surface area contributed by atoms with Crippen molar-refractivity contribution in [3.63, 3.8) is 0 Å². The Morgan fingerprint density at radius 1 is 1.28 bits per heavy atom. The van der Waals surface area contributed by atoms with Gasteiger partial charge in [-0.1, -0.05) is 6.92 Å². The minimum atomic E-state index is -0.229. The molecule has 1 rings (SSSR count). The van der Waals surface area contributed by atoms with Gasteiger partial charge >= 0.3 is 0 Å². The Bertz CT molecular complexity index is 404. The summed E-state index contributed by atoms with van der Waals surface area (Å²) in [6.07, 6.45) is 0.772. The molecule has 18 heavy (non-hydrogen) atoms. The number of hydrogen-bond acceptors (Lipinski definition) is 5. The van der Waals surface area contributed by atoms with E-state index in [1.165, 1.54) is 0 Å². The molecule has 1 heterocycles. The first-order valence-corrected chi connectivity index (χ1v) is 6.40. The smallest absolute Gasteiger partial charge is 0.134 e. The highest BCUT2D eigenvalue weighted by molar-refractivity contribution is 5.54. The standard InChI is InChI=1S/C13H24N4O/c1-6-10-16-11(14)9(3)12(17-10)15-8-13(4,5)18-7-2/h6-8H2,1-5H3,(H3,14,15,16,17). The van der Waals surface area contributed by atoms with Crippen molar-refractivity contribution in [3.05, 3.63) is 11.4 Å². The van der Waals surface area contributed by atoms with Gasteiger partial charge in [0.1, 0.15) is 17.5 Å². The van der Waals surface area contributed by atoms with Gasteiger partial charge in [0.25, 0.3) is 0 Å². The zero-order chi connectivity index (χ0) is 13.8. The van der Waals surface area contributed by atoms with Gasteiger partial charge in [0.2, 0.25) is 0 Å². The first kappa shape index (κ1) is 14.7. The SMILES string of the molecule is CCOC(C)(C)CNc1nc(CC)nc(N)c1C. The molecule has 1 aromatic rings. The molecule has 0 aliphatic rings. The zero-order valence-electron chi connectivity index (χ0n) is 12.0. The van der Waals surface area contributed by atoms with E-state index in [0.29, 0.717) is 19.0 Å². The van der Waals surface area contributed by atoms with Gasteiger partial charge in [-0.05, 0) is 27.7 Å². The van der Waals surface area contributed by atoms with Crippen molar-refractivity contribution < 1.29 is 4.74 Å². The number of aryl methyl sites for hydroxylation is 1. The van der Waals surface area contributed by atoms with E-state index >= 15 is 0 Å². The van der Waals surface area contributed by atoms with Crippen molar-refractivity contribution in [1.82, 2.24) is 9.97 Å². The van der Waals surface area contributed by atoms with Crippen molar-refractivity contribution in [2.24, 2.45) is 0 Å². The number of aromatic nitrogens is 2. The molecule has 3 N–H and O–H groups in total. The third kappa shape index (κ3) is 3.84. The predicted molar refractivity (Wildman–Crippen MR) is 74.8 cm³/mol. The fourth-order valence-electron chi connectivity index (χ4n) is 1.65. The molecule has 0 fully saturated rings. The van der Waals surface area contributed by atoms with Crippen molar-refractivity contribution in [2.45, 2.75) is 46.6 Å². The van der Waals surface area contributed by atoms with Gasteiger partial charge in [0.15, 0.2) is 0 Å². The maximum atomic E-state index is 5.87. The van der Waals surface area contributed by atoms with Crippen LogP contribution in [0, 0.1) is 6.92 Å². The molecule has 0 atom stereocenters. The van der Waals surface area contributed by atoms with E-state index in [-0.39, 0.29) is 5.60 Å². The quantitative estimate of drug-likeness (QED) is 0.811. The first-order chi connectivity index (χ1) is 8.39. The number of ether oxygens (including phenoxy) is 1. The molecule has 0 aliphatic heterocycles. The maximum Gasteiger partial charge on any atom is 0.134 e. The summed E-state index contributed by atoms with van der Waals surface area (Å²) >= 11 is 0. The second kappa shape index (κ2) is 6.00. The molecule has 0 unspecified atom stereocenters. The lowest BCUT2D eigenvalue weighted by Gasteiger charge is -2.25. The van der Waals surface area contributed by atoms with Gasteiger partial charge in [-0.3, -0.25) is 0 Å². The number of nitrogens with one attached hydrogen (secondary N) is 1. The monoisotopic (exact) mass is 252 g/mol. The lowest BCUT2D eigenvalue weighted by Crippen LogP contribution is -2.34. The third-order valence-electron chi connectivity index (χ3n) is 2.76. The van der Waals surface area contributed by atoms with E-state index in [1.807, 2.05) is 34.6 Å². The lowest BCUT2D eigenvalue weighted by molar-refractivity contribution is 0.000632. The van der Waals surface area contributed by atoms with E-state index in [1.54, 1.807) is 0 Å². The Hall–Kier alpha value is -1.36. The van der Waals surface area contributed by atoms with Crippen LogP contribution in [0.2, 0.25) is 0 Å². The van der Waals surface area contributed by atoms with Crippen molar-refractivity contribution in [3.8, 4) is 0 Å². The normalized spacial score (nSPS) is 11.6. The van der Waals surface area contributed by atoms with Crippen LogP contribution in [0.15, 0.2) is 0 Å². The van der Waals surface area contributed by atoms with E-state index in [2.05, 4.69) is 15.3 Å². The van der Waals surface area contributed by atoms with Gasteiger partial charge in [-0.2, -0.15) is 0 Å². The Morgan fingerprint density at radius 3 is 2.50 bits per heavy atom. The second-order valence-electron chi connectivity index (χ2n) is 4.90. The Labute approximate surface area is 109 Å². The Balaban J connectivity index is 2.81. The van der Waals surface area contributed by atoms with Gasteiger partial charge < -0.3 is 15.8 Å². The summed E-state index contributed by atoms with van der Waals surface area (Å²) in [5.74, 6) is 2.10. The molecule has 0 saturated carbocycles. The summed E-state index contributed by atoms with van der Waals surface area (Å²) in [7, 11) is 0. The van der Waals surface area contributed by atoms with Crippen LogP contribution < -0.4 is 11.1 Å². The highest BCUT2D eigenvalue weighted by Gasteiger charge is 2.18. The average Bonchev–Trinajstić information content (AvgIpc) is 2.30. The van der Waals surface area contributed by atoms with Crippen molar-refractivity contribution in [2.75, 3.05) is 24.2 Å². The summed E-state index contributed by atoms with van der Waals surface area (Å²) in [5, 5.41) is 3.30. The average molecular weight is 252 g/mol. The van der Waals surface area contributed by atoms with E-state index in [4.69, 9.17) is 10.5 Å². The lowest BCUT2D eigenvalue weighted by atomic mass is 10.1. The predicted octanol–water partition coefficient (Wildman–Crippen LogP) is 2.16. The van der Waals surface area contributed by atoms with Crippen LogP contribution in [-0.4, -0.2) is 28.7 Å². The molecule has 0 amide bonds. The van der Waals surface area contributed by atoms with Crippen LogP contribution in [0.1, 0.15) is 39.1 Å². The molecule has 0 spiro atoms. The van der Waals surface area contributed by atoms with Crippen molar-refractivity contribution >= 4 is 11.6 Å². The van der Waals surface area contributed by atoms with Crippen LogP contribution in [0.25, 0.3) is 0 Å². The Kier molecular flexibility index (Phi) is 4.90. The molecular formula is C13H24N4O. The first-order valence-electron chi connectivity index (χ1n) is 6.40. The number of hydrogen-bond donors (Lipinski definition) is 2. The van der Waals surface area contributed by atoms with Crippen LogP contribution in [-0.2, 0) is 11.2 Å². The van der Waals surface area contributed by atoms with Crippen LogP contribution >= 0.6 is 0 Å². The van der Waals surface area contributed by atoms with E-state index in [0.717, 1.165) is 23.6 Å². The van der Waals surface area contributed by atoms with Gasteiger partial charge in [0, 0.05) is 25.1 Å². The number of nitrogens with two attached hydrogens (primary N) is 1. The van der Waals surface area contributed by atoms with Gasteiger partial charge in [-0.25, -0.2) is 9.97 Å². The summed E-state index contributed by atoms with van der Waals surface area (Å²) in [6.45, 7) is 11.4. The summed E-state index contributed by atoms with van der Waals surface area (Å²) in [5.41, 5.74) is 6.53. The highest BCUT2D eigenvalue weighted by atomic mass is 16.5. The summed E-state index contributed by atoms with van der Waals surface area (Å²) in [4.78, 5) is 8.69. The minimum absolute atomic E-state index is 0.229. The molecular weight excluding hydrogens is 228 g/mol. The largest absolute Gasteiger partial charge is 0.383 e. The molecule has 102 valence electrons. The number of nitrogen functional groups attached to an aromatic ring is 1. The van der Waals surface area contributed by atoms with Gasteiger partial charge in [0.05, 0.1) is 5.60 Å². The molecule has 0 radical (unpaired) electrons. The van der Waals surface area contributed by atoms with Crippen LogP contribution in [0.4, 0.5) is 11.6 Å². The van der Waals surface area contributed by atoms with E-state index in [9.17, 15) is 0 Å². The van der Waals surface area contributed by atoms with Crippen LogP contribution in [0.5, 0.6) is 0 Å². The molecule has 5 heteroatoms. The molecule has 1 aromatic heterocycles. The fraction of sp³-hybridized carbons (Fsp3) is 0.692. The van der Waals surface area contributed by atoms with Gasteiger partial charge in [-0.15, -0.1) is 0 Å². The number of rotatable bonds is 6. The fourth-order valence-corrected chi connectivity index (χ4v) is 1.65. The third-order valence-corrected chi connectivity index (χ3v) is 2.76. The second-order valence-corrected chi connectivity index (χ2v) is 4.90. The zero-order valence-corrected chi connectivity index (χ0v) is 12.0. The number of nitrogens with zero attached hydrogens (tertiary/aromatic N) is 2. The topological polar surface area (TPSA) is 73.1 Å². The number of anilines is 2. The molecule has 0 aliphatic carbocycles. The molecule has 5 nitrogen and oxygen atoms in total. The molecule has 0 bridgehead atoms. The molecule has 0 aromatic carbocycles. The van der Waals surface area contributed by atoms with Crippen LogP contribution in [0.3, 0.4) is 0 Å². The van der Waals surface area contributed by atoms with Crippen molar-refractivity contribution in [1.29, 1.82) is 0 Å². The summed E-state index contributed by atoms with van der Waals surface area (Å²) in [6, 6.07) is 0. The highest BCUT2D eigenvalue weighted by Crippen LogP contribution is 2.19. The molecule has 0 saturated heterocycles. The minimum Gasteiger partial charge on any atom is -0.383 e.